The minimum absolute atomic E-state index is 0.221. The number of aliphatic carboxylic acids is 1. The zero-order valence-electron chi connectivity index (χ0n) is 9.86. The van der Waals surface area contributed by atoms with Crippen LogP contribution < -0.4 is 0 Å². The maximum absolute atomic E-state index is 12.2. The lowest BCUT2D eigenvalue weighted by molar-refractivity contribution is -0.142. The summed E-state index contributed by atoms with van der Waals surface area (Å²) in [7, 11) is 0. The normalized spacial score (nSPS) is 15.4. The smallest absolute Gasteiger partial charge is 0.329 e. The number of nitrogens with zero attached hydrogens (tertiary/aromatic N) is 1. The molecule has 0 aliphatic carbocycles. The topological polar surface area (TPSA) is 94.9 Å². The number of rotatable bonds is 3. The summed E-state index contributed by atoms with van der Waals surface area (Å²) in [5, 5.41) is 17.0. The molecular weight excluding hydrogens is 368 g/mol. The molecule has 6 nitrogen and oxygen atoms in total. The predicted molar refractivity (Wildman–Crippen MR) is 75.5 cm³/mol. The first-order valence-corrected chi connectivity index (χ1v) is 6.82. The van der Waals surface area contributed by atoms with E-state index in [-0.39, 0.29) is 31.2 Å². The van der Waals surface area contributed by atoms with Crippen LogP contribution in [0.1, 0.15) is 20.7 Å². The Labute approximate surface area is 137 Å². The number of aliphatic hydroxyl groups is 1. The van der Waals surface area contributed by atoms with Gasteiger partial charge in [-0.3, -0.25) is 14.5 Å². The first-order chi connectivity index (χ1) is 9.73. The molecule has 0 aromatic heterocycles. The molecule has 2 amide bonds. The molecule has 0 saturated heterocycles. The van der Waals surface area contributed by atoms with Crippen molar-refractivity contribution in [3.63, 3.8) is 0 Å². The van der Waals surface area contributed by atoms with E-state index in [4.69, 9.17) is 56.6 Å². The van der Waals surface area contributed by atoms with Crippen molar-refractivity contribution in [1.29, 1.82) is 0 Å². The zero-order chi connectivity index (χ0) is 16.1. The average Bonchev–Trinajstić information content (AvgIpc) is 2.68. The molecule has 21 heavy (non-hydrogen) atoms. The molecule has 1 atom stereocenters. The number of carboxylic acids is 1. The third kappa shape index (κ3) is 2.27. The number of imide groups is 1. The standard InChI is InChI=1S/C11H5Cl4NO5/c12-5-3-4(6(13)8(15)7(5)14)10(19)16(9(3)18)2(1-17)11(20)21/h2,17H,1H2,(H,20,21)/t2-/m0/s1. The number of carbonyl (C=O) groups excluding carboxylic acids is 2. The van der Waals surface area contributed by atoms with E-state index in [0.717, 1.165) is 0 Å². The molecule has 112 valence electrons. The van der Waals surface area contributed by atoms with Crippen LogP contribution in [0.25, 0.3) is 0 Å². The van der Waals surface area contributed by atoms with Crippen LogP contribution >= 0.6 is 46.4 Å². The fraction of sp³-hybridized carbons (Fsp3) is 0.182. The van der Waals surface area contributed by atoms with E-state index >= 15 is 0 Å². The molecule has 1 aliphatic heterocycles. The summed E-state index contributed by atoms with van der Waals surface area (Å²) >= 11 is 23.4. The van der Waals surface area contributed by atoms with Gasteiger partial charge in [0.1, 0.15) is 0 Å². The molecule has 1 aliphatic rings. The molecule has 0 saturated carbocycles. The molecule has 0 bridgehead atoms. The maximum Gasteiger partial charge on any atom is 0.329 e. The summed E-state index contributed by atoms with van der Waals surface area (Å²) in [5.41, 5.74) is -0.665. The van der Waals surface area contributed by atoms with Gasteiger partial charge in [0.05, 0.1) is 37.8 Å². The molecule has 2 rings (SSSR count). The number of hydrogen-bond acceptors (Lipinski definition) is 4. The molecule has 0 spiro atoms. The fourth-order valence-corrected chi connectivity index (χ4v) is 2.93. The Kier molecular flexibility index (Phi) is 4.37. The first-order valence-electron chi connectivity index (χ1n) is 5.31. The van der Waals surface area contributed by atoms with Crippen molar-refractivity contribution in [3.05, 3.63) is 31.2 Å². The highest BCUT2D eigenvalue weighted by molar-refractivity contribution is 6.55. The van der Waals surface area contributed by atoms with Crippen LogP contribution in [0, 0.1) is 0 Å². The number of halogens is 4. The van der Waals surface area contributed by atoms with Gasteiger partial charge in [0.25, 0.3) is 11.8 Å². The van der Waals surface area contributed by atoms with Gasteiger partial charge < -0.3 is 10.2 Å². The van der Waals surface area contributed by atoms with E-state index in [1.165, 1.54) is 0 Å². The molecule has 10 heteroatoms. The van der Waals surface area contributed by atoms with Crippen molar-refractivity contribution in [2.45, 2.75) is 6.04 Å². The summed E-state index contributed by atoms with van der Waals surface area (Å²) in [5.74, 6) is -3.58. The Balaban J connectivity index is 2.71. The van der Waals surface area contributed by atoms with Crippen molar-refractivity contribution in [1.82, 2.24) is 4.90 Å². The van der Waals surface area contributed by atoms with Crippen LogP contribution in [0.5, 0.6) is 0 Å². The highest BCUT2D eigenvalue weighted by atomic mass is 35.5. The summed E-state index contributed by atoms with van der Waals surface area (Å²) in [6, 6.07) is -1.76. The minimum Gasteiger partial charge on any atom is -0.480 e. The predicted octanol–water partition coefficient (Wildman–Crippen LogP) is 2.34. The fourth-order valence-electron chi connectivity index (χ4n) is 1.92. The van der Waals surface area contributed by atoms with Gasteiger partial charge in [-0.2, -0.15) is 0 Å². The largest absolute Gasteiger partial charge is 0.480 e. The monoisotopic (exact) mass is 371 g/mol. The lowest BCUT2D eigenvalue weighted by Gasteiger charge is -2.20. The Bertz CT molecular complexity index is 643. The number of amides is 2. The second-order valence-corrected chi connectivity index (χ2v) is 5.53. The van der Waals surface area contributed by atoms with Gasteiger partial charge in [-0.1, -0.05) is 46.4 Å². The second kappa shape index (κ2) is 5.62. The lowest BCUT2D eigenvalue weighted by atomic mass is 10.1. The summed E-state index contributed by atoms with van der Waals surface area (Å²) in [4.78, 5) is 35.9. The van der Waals surface area contributed by atoms with Gasteiger partial charge in [-0.15, -0.1) is 0 Å². The SMILES string of the molecule is O=C(O)[C@H](CO)N1C(=O)c2c(Cl)c(Cl)c(Cl)c(Cl)c2C1=O. The van der Waals surface area contributed by atoms with E-state index in [9.17, 15) is 14.4 Å². The molecular formula is C11H5Cl4NO5. The first kappa shape index (κ1) is 16.3. The Morgan fingerprint density at radius 3 is 1.62 bits per heavy atom. The van der Waals surface area contributed by atoms with Crippen LogP contribution in [0.2, 0.25) is 20.1 Å². The number of aliphatic hydroxyl groups excluding tert-OH is 1. The zero-order valence-corrected chi connectivity index (χ0v) is 12.9. The van der Waals surface area contributed by atoms with Gasteiger partial charge in [0.15, 0.2) is 6.04 Å². The molecule has 1 aromatic rings. The van der Waals surface area contributed by atoms with Crippen LogP contribution in [0.4, 0.5) is 0 Å². The second-order valence-electron chi connectivity index (χ2n) is 4.02. The molecule has 1 aromatic carbocycles. The van der Waals surface area contributed by atoms with Gasteiger partial charge >= 0.3 is 5.97 Å². The summed E-state index contributed by atoms with van der Waals surface area (Å²) in [6.45, 7) is -0.961. The van der Waals surface area contributed by atoms with Crippen molar-refractivity contribution in [2.24, 2.45) is 0 Å². The highest BCUT2D eigenvalue weighted by Crippen LogP contribution is 2.45. The molecule has 0 radical (unpaired) electrons. The van der Waals surface area contributed by atoms with Crippen LogP contribution in [0.3, 0.4) is 0 Å². The summed E-state index contributed by atoms with van der Waals surface area (Å²) < 4.78 is 0. The number of carboxylic acid groups (broad SMARTS) is 1. The molecule has 0 unspecified atom stereocenters. The minimum atomic E-state index is -1.76. The van der Waals surface area contributed by atoms with Crippen LogP contribution in [-0.2, 0) is 4.79 Å². The number of carbonyl (C=O) groups is 3. The van der Waals surface area contributed by atoms with E-state index in [1.54, 1.807) is 0 Å². The Morgan fingerprint density at radius 1 is 0.952 bits per heavy atom. The third-order valence-electron chi connectivity index (χ3n) is 2.90. The Morgan fingerprint density at radius 2 is 1.33 bits per heavy atom. The van der Waals surface area contributed by atoms with Crippen molar-refractivity contribution in [3.8, 4) is 0 Å². The van der Waals surface area contributed by atoms with E-state index in [1.807, 2.05) is 0 Å². The number of hydrogen-bond donors (Lipinski definition) is 2. The van der Waals surface area contributed by atoms with Gasteiger partial charge in [-0.25, -0.2) is 4.79 Å². The van der Waals surface area contributed by atoms with Crippen molar-refractivity contribution in [2.75, 3.05) is 6.61 Å². The summed E-state index contributed by atoms with van der Waals surface area (Å²) in [6.07, 6.45) is 0. The Hall–Kier alpha value is -1.05. The molecule has 1 heterocycles. The van der Waals surface area contributed by atoms with Gasteiger partial charge in [0, 0.05) is 0 Å². The average molecular weight is 373 g/mol. The number of fused-ring (bicyclic) bond motifs is 1. The molecule has 2 N–H and O–H groups in total. The number of benzene rings is 1. The van der Waals surface area contributed by atoms with Crippen LogP contribution in [-0.4, -0.2) is 45.5 Å². The third-order valence-corrected chi connectivity index (χ3v) is 4.70. The highest BCUT2D eigenvalue weighted by Gasteiger charge is 2.46. The van der Waals surface area contributed by atoms with Crippen molar-refractivity contribution >= 4 is 64.2 Å². The van der Waals surface area contributed by atoms with E-state index in [2.05, 4.69) is 0 Å². The quantitative estimate of drug-likeness (QED) is 0.482. The van der Waals surface area contributed by atoms with Crippen LogP contribution in [0.15, 0.2) is 0 Å². The van der Waals surface area contributed by atoms with Crippen molar-refractivity contribution < 1.29 is 24.6 Å². The van der Waals surface area contributed by atoms with Gasteiger partial charge in [0.2, 0.25) is 0 Å². The maximum atomic E-state index is 12.2. The van der Waals surface area contributed by atoms with E-state index < -0.39 is 30.4 Å². The van der Waals surface area contributed by atoms with Gasteiger partial charge in [-0.05, 0) is 0 Å². The molecule has 0 fully saturated rings. The lowest BCUT2D eigenvalue weighted by Crippen LogP contribution is -2.47. The van der Waals surface area contributed by atoms with E-state index in [0.29, 0.717) is 4.90 Å².